The zero-order chi connectivity index (χ0) is 13.8. The summed E-state index contributed by atoms with van der Waals surface area (Å²) >= 11 is 3.57. The minimum absolute atomic E-state index is 0.660. The number of piperidine rings is 1. The summed E-state index contributed by atoms with van der Waals surface area (Å²) in [7, 11) is 6.45. The van der Waals surface area contributed by atoms with E-state index in [0.717, 1.165) is 11.0 Å². The second kappa shape index (κ2) is 6.73. The van der Waals surface area contributed by atoms with E-state index in [0.29, 0.717) is 6.04 Å². The molecular weight excluding hydrogens is 302 g/mol. The molecule has 106 valence electrons. The Morgan fingerprint density at radius 3 is 2.68 bits per heavy atom. The highest BCUT2D eigenvalue weighted by Crippen LogP contribution is 2.28. The SMILES string of the molecule is CNCc1cc(Br)ccc1N(C)C1CCN(C)CC1. The Bertz CT molecular complexity index is 414. The Morgan fingerprint density at radius 1 is 1.37 bits per heavy atom. The average molecular weight is 326 g/mol. The molecule has 0 aromatic heterocycles. The Hall–Kier alpha value is -0.580. The van der Waals surface area contributed by atoms with Crippen LogP contribution in [0.1, 0.15) is 18.4 Å². The fraction of sp³-hybridized carbons (Fsp3) is 0.600. The maximum absolute atomic E-state index is 3.57. The lowest BCUT2D eigenvalue weighted by atomic mass is 10.0. The molecule has 0 aliphatic carbocycles. The molecule has 0 bridgehead atoms. The van der Waals surface area contributed by atoms with E-state index in [2.05, 4.69) is 63.3 Å². The van der Waals surface area contributed by atoms with Gasteiger partial charge in [0.05, 0.1) is 0 Å². The number of hydrogen-bond donors (Lipinski definition) is 1. The highest BCUT2D eigenvalue weighted by molar-refractivity contribution is 9.10. The van der Waals surface area contributed by atoms with E-state index in [1.165, 1.54) is 37.2 Å². The van der Waals surface area contributed by atoms with Gasteiger partial charge in [0.25, 0.3) is 0 Å². The van der Waals surface area contributed by atoms with Crippen LogP contribution in [0.2, 0.25) is 0 Å². The quantitative estimate of drug-likeness (QED) is 0.918. The molecule has 0 spiro atoms. The van der Waals surface area contributed by atoms with Crippen molar-refractivity contribution in [3.05, 3.63) is 28.2 Å². The van der Waals surface area contributed by atoms with E-state index < -0.39 is 0 Å². The first-order valence-corrected chi connectivity index (χ1v) is 7.75. The molecule has 0 atom stereocenters. The van der Waals surface area contributed by atoms with Gasteiger partial charge >= 0.3 is 0 Å². The number of halogens is 1. The maximum Gasteiger partial charge on any atom is 0.0412 e. The van der Waals surface area contributed by atoms with Gasteiger partial charge in [-0.3, -0.25) is 0 Å². The molecule has 0 amide bonds. The predicted octanol–water partition coefficient (Wildman–Crippen LogP) is 2.70. The standard InChI is InChI=1S/C15H24BrN3/c1-17-11-12-10-13(16)4-5-15(12)19(3)14-6-8-18(2)9-7-14/h4-5,10,14,17H,6-9,11H2,1-3H3. The minimum atomic E-state index is 0.660. The van der Waals surface area contributed by atoms with Crippen LogP contribution in [0.5, 0.6) is 0 Å². The van der Waals surface area contributed by atoms with Crippen LogP contribution in [0, 0.1) is 0 Å². The average Bonchev–Trinajstić information content (AvgIpc) is 2.39. The van der Waals surface area contributed by atoms with Crippen LogP contribution in [0.4, 0.5) is 5.69 Å². The largest absolute Gasteiger partial charge is 0.371 e. The van der Waals surface area contributed by atoms with Crippen molar-refractivity contribution in [2.24, 2.45) is 0 Å². The van der Waals surface area contributed by atoms with Crippen LogP contribution in [0.3, 0.4) is 0 Å². The van der Waals surface area contributed by atoms with E-state index in [-0.39, 0.29) is 0 Å². The number of nitrogens with one attached hydrogen (secondary N) is 1. The summed E-state index contributed by atoms with van der Waals surface area (Å²) in [5.41, 5.74) is 2.71. The van der Waals surface area contributed by atoms with Gasteiger partial charge in [-0.1, -0.05) is 15.9 Å². The lowest BCUT2D eigenvalue weighted by Crippen LogP contribution is -2.42. The molecule has 4 heteroatoms. The lowest BCUT2D eigenvalue weighted by molar-refractivity contribution is 0.252. The maximum atomic E-state index is 3.57. The van der Waals surface area contributed by atoms with Gasteiger partial charge in [0, 0.05) is 29.8 Å². The molecular formula is C15H24BrN3. The molecule has 1 saturated heterocycles. The molecule has 3 nitrogen and oxygen atoms in total. The van der Waals surface area contributed by atoms with Gasteiger partial charge in [-0.15, -0.1) is 0 Å². The molecule has 1 aliphatic rings. The van der Waals surface area contributed by atoms with Crippen LogP contribution in [-0.2, 0) is 6.54 Å². The summed E-state index contributed by atoms with van der Waals surface area (Å²) in [5.74, 6) is 0. The number of benzene rings is 1. The minimum Gasteiger partial charge on any atom is -0.371 e. The first-order valence-electron chi connectivity index (χ1n) is 6.96. The highest BCUT2D eigenvalue weighted by Gasteiger charge is 2.22. The smallest absolute Gasteiger partial charge is 0.0412 e. The van der Waals surface area contributed by atoms with Crippen molar-refractivity contribution < 1.29 is 0 Å². The Balaban J connectivity index is 2.15. The second-order valence-corrected chi connectivity index (χ2v) is 6.36. The molecule has 1 aromatic carbocycles. The Labute approximate surface area is 125 Å². The first kappa shape index (κ1) is 14.8. The summed E-state index contributed by atoms with van der Waals surface area (Å²) < 4.78 is 1.15. The van der Waals surface area contributed by atoms with Crippen LogP contribution >= 0.6 is 15.9 Å². The van der Waals surface area contributed by atoms with Crippen molar-refractivity contribution in [1.29, 1.82) is 0 Å². The number of rotatable bonds is 4. The molecule has 0 radical (unpaired) electrons. The highest BCUT2D eigenvalue weighted by atomic mass is 79.9. The first-order chi connectivity index (χ1) is 9.11. The third-order valence-corrected chi connectivity index (χ3v) is 4.52. The van der Waals surface area contributed by atoms with Crippen LogP contribution in [-0.4, -0.2) is 45.2 Å². The van der Waals surface area contributed by atoms with E-state index in [4.69, 9.17) is 0 Å². The third kappa shape index (κ3) is 3.71. The third-order valence-electron chi connectivity index (χ3n) is 4.02. The zero-order valence-corrected chi connectivity index (χ0v) is 13.7. The van der Waals surface area contributed by atoms with Gasteiger partial charge in [0.1, 0.15) is 0 Å². The predicted molar refractivity (Wildman–Crippen MR) is 85.8 cm³/mol. The fourth-order valence-electron chi connectivity index (χ4n) is 2.81. The normalized spacial score (nSPS) is 17.7. The summed E-state index contributed by atoms with van der Waals surface area (Å²) in [6.45, 7) is 3.31. The van der Waals surface area contributed by atoms with E-state index in [9.17, 15) is 0 Å². The monoisotopic (exact) mass is 325 g/mol. The number of likely N-dealkylation sites (tertiary alicyclic amines) is 1. The van der Waals surface area contributed by atoms with Gasteiger partial charge in [-0.25, -0.2) is 0 Å². The lowest BCUT2D eigenvalue weighted by Gasteiger charge is -2.37. The van der Waals surface area contributed by atoms with Crippen LogP contribution in [0.25, 0.3) is 0 Å². The fourth-order valence-corrected chi connectivity index (χ4v) is 3.22. The summed E-state index contributed by atoms with van der Waals surface area (Å²) in [5, 5.41) is 3.26. The van der Waals surface area contributed by atoms with Crippen molar-refractivity contribution in [3.8, 4) is 0 Å². The molecule has 1 aliphatic heterocycles. The molecule has 1 aromatic rings. The second-order valence-electron chi connectivity index (χ2n) is 5.45. The van der Waals surface area contributed by atoms with Gasteiger partial charge in [0.15, 0.2) is 0 Å². The van der Waals surface area contributed by atoms with E-state index in [1.807, 2.05) is 7.05 Å². The van der Waals surface area contributed by atoms with Crippen molar-refractivity contribution in [2.75, 3.05) is 39.1 Å². The topological polar surface area (TPSA) is 18.5 Å². The molecule has 1 heterocycles. The van der Waals surface area contributed by atoms with E-state index >= 15 is 0 Å². The summed E-state index contributed by atoms with van der Waals surface area (Å²) in [6.07, 6.45) is 2.50. The van der Waals surface area contributed by atoms with Crippen molar-refractivity contribution >= 4 is 21.6 Å². The van der Waals surface area contributed by atoms with Crippen molar-refractivity contribution in [2.45, 2.75) is 25.4 Å². The van der Waals surface area contributed by atoms with Gasteiger partial charge in [-0.05, 0) is 63.8 Å². The Kier molecular flexibility index (Phi) is 5.25. The molecule has 2 rings (SSSR count). The van der Waals surface area contributed by atoms with Gasteiger partial charge in [-0.2, -0.15) is 0 Å². The summed E-state index contributed by atoms with van der Waals surface area (Å²) in [4.78, 5) is 4.88. The number of nitrogens with zero attached hydrogens (tertiary/aromatic N) is 2. The van der Waals surface area contributed by atoms with Crippen LogP contribution < -0.4 is 10.2 Å². The molecule has 1 fully saturated rings. The van der Waals surface area contributed by atoms with Crippen LogP contribution in [0.15, 0.2) is 22.7 Å². The number of hydrogen-bond acceptors (Lipinski definition) is 3. The van der Waals surface area contributed by atoms with Gasteiger partial charge in [0.2, 0.25) is 0 Å². The van der Waals surface area contributed by atoms with E-state index in [1.54, 1.807) is 0 Å². The van der Waals surface area contributed by atoms with Gasteiger partial charge < -0.3 is 15.1 Å². The zero-order valence-electron chi connectivity index (χ0n) is 12.1. The molecule has 0 saturated carbocycles. The Morgan fingerprint density at radius 2 is 2.05 bits per heavy atom. The molecule has 19 heavy (non-hydrogen) atoms. The van der Waals surface area contributed by atoms with Crippen molar-refractivity contribution in [1.82, 2.24) is 10.2 Å². The molecule has 0 unspecified atom stereocenters. The number of anilines is 1. The summed E-state index contributed by atoms with van der Waals surface area (Å²) in [6, 6.07) is 7.25. The van der Waals surface area contributed by atoms with Crippen molar-refractivity contribution in [3.63, 3.8) is 0 Å². The molecule has 1 N–H and O–H groups in total.